The van der Waals surface area contributed by atoms with Gasteiger partial charge >= 0.3 is 5.97 Å². The number of pyridine rings is 1. The van der Waals surface area contributed by atoms with Crippen LogP contribution >= 0.6 is 15.9 Å². The SMILES string of the molecule is Cc1c(C(=O)O)[nH]c2ccc(Br)cc2c1=O. The lowest BCUT2D eigenvalue weighted by Crippen LogP contribution is -2.15. The Hall–Kier alpha value is -1.62. The fourth-order valence-corrected chi connectivity index (χ4v) is 1.93. The summed E-state index contributed by atoms with van der Waals surface area (Å²) in [6.07, 6.45) is 0. The largest absolute Gasteiger partial charge is 0.477 e. The van der Waals surface area contributed by atoms with Crippen LogP contribution in [0.4, 0.5) is 0 Å². The van der Waals surface area contributed by atoms with E-state index < -0.39 is 5.97 Å². The number of H-pyrrole nitrogens is 1. The lowest BCUT2D eigenvalue weighted by atomic mass is 10.1. The normalized spacial score (nSPS) is 10.6. The molecule has 16 heavy (non-hydrogen) atoms. The van der Waals surface area contributed by atoms with Crippen LogP contribution in [-0.2, 0) is 0 Å². The molecule has 4 nitrogen and oxygen atoms in total. The van der Waals surface area contributed by atoms with Crippen molar-refractivity contribution in [3.8, 4) is 0 Å². The number of benzene rings is 1. The van der Waals surface area contributed by atoms with Gasteiger partial charge in [-0.15, -0.1) is 0 Å². The Bertz CT molecular complexity index is 645. The van der Waals surface area contributed by atoms with Gasteiger partial charge in [-0.05, 0) is 25.1 Å². The first-order chi connectivity index (χ1) is 7.50. The van der Waals surface area contributed by atoms with Gasteiger partial charge in [0.05, 0.1) is 0 Å². The van der Waals surface area contributed by atoms with Crippen LogP contribution in [0.1, 0.15) is 16.1 Å². The molecule has 0 atom stereocenters. The number of fused-ring (bicyclic) bond motifs is 1. The van der Waals surface area contributed by atoms with Crippen LogP contribution in [0.3, 0.4) is 0 Å². The highest BCUT2D eigenvalue weighted by Crippen LogP contribution is 2.17. The van der Waals surface area contributed by atoms with Crippen molar-refractivity contribution in [2.45, 2.75) is 6.92 Å². The second-order valence-corrected chi connectivity index (χ2v) is 4.36. The number of carboxylic acid groups (broad SMARTS) is 1. The van der Waals surface area contributed by atoms with Crippen LogP contribution < -0.4 is 5.43 Å². The summed E-state index contributed by atoms with van der Waals surface area (Å²) in [6.45, 7) is 1.50. The smallest absolute Gasteiger partial charge is 0.352 e. The number of hydrogen-bond donors (Lipinski definition) is 2. The Morgan fingerprint density at radius 3 is 2.75 bits per heavy atom. The van der Waals surface area contributed by atoms with Crippen LogP contribution in [0.5, 0.6) is 0 Å². The number of aromatic amines is 1. The maximum Gasteiger partial charge on any atom is 0.352 e. The van der Waals surface area contributed by atoms with Gasteiger partial charge in [0.15, 0.2) is 5.43 Å². The molecule has 0 radical (unpaired) electrons. The molecule has 5 heteroatoms. The third kappa shape index (κ3) is 1.63. The summed E-state index contributed by atoms with van der Waals surface area (Å²) in [5, 5.41) is 9.41. The molecule has 0 aliphatic heterocycles. The van der Waals surface area contributed by atoms with Crippen LogP contribution in [0.25, 0.3) is 10.9 Å². The number of carboxylic acids is 1. The first-order valence-electron chi connectivity index (χ1n) is 4.56. The van der Waals surface area contributed by atoms with Crippen LogP contribution in [-0.4, -0.2) is 16.1 Å². The molecule has 0 amide bonds. The average Bonchev–Trinajstić information content (AvgIpc) is 2.23. The lowest BCUT2D eigenvalue weighted by molar-refractivity contribution is 0.0690. The molecule has 0 aliphatic rings. The number of aromatic carboxylic acids is 1. The van der Waals surface area contributed by atoms with Gasteiger partial charge in [0.2, 0.25) is 0 Å². The third-order valence-electron chi connectivity index (χ3n) is 2.42. The molecule has 0 fully saturated rings. The number of halogens is 1. The van der Waals surface area contributed by atoms with Gasteiger partial charge in [0.25, 0.3) is 0 Å². The maximum atomic E-state index is 11.9. The topological polar surface area (TPSA) is 70.2 Å². The highest BCUT2D eigenvalue weighted by Gasteiger charge is 2.13. The molecule has 0 bridgehead atoms. The second-order valence-electron chi connectivity index (χ2n) is 3.45. The fourth-order valence-electron chi connectivity index (χ4n) is 1.57. The van der Waals surface area contributed by atoms with E-state index in [2.05, 4.69) is 20.9 Å². The number of aromatic nitrogens is 1. The Kier molecular flexibility index (Phi) is 2.55. The van der Waals surface area contributed by atoms with Gasteiger partial charge < -0.3 is 10.1 Å². The summed E-state index contributed by atoms with van der Waals surface area (Å²) in [4.78, 5) is 25.5. The van der Waals surface area contributed by atoms with E-state index in [1.54, 1.807) is 18.2 Å². The number of hydrogen-bond acceptors (Lipinski definition) is 2. The average molecular weight is 282 g/mol. The quantitative estimate of drug-likeness (QED) is 0.843. The van der Waals surface area contributed by atoms with E-state index in [-0.39, 0.29) is 16.7 Å². The predicted octanol–water partition coefficient (Wildman–Crippen LogP) is 2.30. The van der Waals surface area contributed by atoms with Gasteiger partial charge in [-0.25, -0.2) is 4.79 Å². The molecule has 2 N–H and O–H groups in total. The molecule has 82 valence electrons. The van der Waals surface area contributed by atoms with Crippen molar-refractivity contribution in [1.82, 2.24) is 4.98 Å². The predicted molar refractivity (Wildman–Crippen MR) is 64.0 cm³/mol. The summed E-state index contributed by atoms with van der Waals surface area (Å²) >= 11 is 3.27. The van der Waals surface area contributed by atoms with E-state index in [1.807, 2.05) is 0 Å². The molecule has 0 saturated heterocycles. The molecule has 1 heterocycles. The summed E-state index contributed by atoms with van der Waals surface area (Å²) in [5.74, 6) is -1.13. The lowest BCUT2D eigenvalue weighted by Gasteiger charge is -2.04. The van der Waals surface area contributed by atoms with Crippen molar-refractivity contribution in [3.05, 3.63) is 44.2 Å². The van der Waals surface area contributed by atoms with E-state index in [9.17, 15) is 9.59 Å². The maximum absolute atomic E-state index is 11.9. The van der Waals surface area contributed by atoms with Gasteiger partial charge in [-0.1, -0.05) is 15.9 Å². The molecule has 0 saturated carbocycles. The molecule has 2 rings (SSSR count). The number of carbonyl (C=O) groups is 1. The first kappa shape index (κ1) is 10.9. The monoisotopic (exact) mass is 281 g/mol. The molecule has 2 aromatic rings. The number of rotatable bonds is 1. The van der Waals surface area contributed by atoms with E-state index in [0.717, 1.165) is 4.47 Å². The van der Waals surface area contributed by atoms with Crippen molar-refractivity contribution in [2.24, 2.45) is 0 Å². The zero-order valence-corrected chi connectivity index (χ0v) is 9.96. The molecule has 0 spiro atoms. The molecule has 0 aliphatic carbocycles. The summed E-state index contributed by atoms with van der Waals surface area (Å²) in [7, 11) is 0. The summed E-state index contributed by atoms with van der Waals surface area (Å²) in [6, 6.07) is 5.10. The number of nitrogens with one attached hydrogen (secondary N) is 1. The van der Waals surface area contributed by atoms with Crippen molar-refractivity contribution >= 4 is 32.8 Å². The third-order valence-corrected chi connectivity index (χ3v) is 2.91. The van der Waals surface area contributed by atoms with Gasteiger partial charge in [0.1, 0.15) is 5.69 Å². The van der Waals surface area contributed by atoms with Gasteiger partial charge in [-0.3, -0.25) is 4.79 Å². The van der Waals surface area contributed by atoms with E-state index in [0.29, 0.717) is 10.9 Å². The molecular weight excluding hydrogens is 274 g/mol. The van der Waals surface area contributed by atoms with E-state index in [4.69, 9.17) is 5.11 Å². The highest BCUT2D eigenvalue weighted by atomic mass is 79.9. The highest BCUT2D eigenvalue weighted by molar-refractivity contribution is 9.10. The molecular formula is C11H8BrNO3. The standard InChI is InChI=1S/C11H8BrNO3/c1-5-9(11(15)16)13-8-3-2-6(12)4-7(8)10(5)14/h2-4H,1H3,(H,13,14)(H,15,16). The Labute approximate surface area is 99.0 Å². The van der Waals surface area contributed by atoms with Crippen molar-refractivity contribution in [2.75, 3.05) is 0 Å². The van der Waals surface area contributed by atoms with Gasteiger partial charge in [-0.2, -0.15) is 0 Å². The first-order valence-corrected chi connectivity index (χ1v) is 5.35. The minimum absolute atomic E-state index is 0.0557. The van der Waals surface area contributed by atoms with E-state index in [1.165, 1.54) is 6.92 Å². The fraction of sp³-hybridized carbons (Fsp3) is 0.0909. The molecule has 0 unspecified atom stereocenters. The zero-order chi connectivity index (χ0) is 11.9. The molecule has 1 aromatic heterocycles. The van der Waals surface area contributed by atoms with Crippen molar-refractivity contribution in [1.29, 1.82) is 0 Å². The van der Waals surface area contributed by atoms with Crippen LogP contribution in [0.2, 0.25) is 0 Å². The van der Waals surface area contributed by atoms with Crippen LogP contribution in [0, 0.1) is 6.92 Å². The Morgan fingerprint density at radius 1 is 1.44 bits per heavy atom. The second kappa shape index (κ2) is 3.75. The molecule has 1 aromatic carbocycles. The van der Waals surface area contributed by atoms with Crippen molar-refractivity contribution < 1.29 is 9.90 Å². The summed E-state index contributed by atoms with van der Waals surface area (Å²) < 4.78 is 0.785. The minimum Gasteiger partial charge on any atom is -0.477 e. The minimum atomic E-state index is -1.13. The Balaban J connectivity index is 2.94. The van der Waals surface area contributed by atoms with Crippen LogP contribution in [0.15, 0.2) is 27.5 Å². The zero-order valence-electron chi connectivity index (χ0n) is 8.37. The van der Waals surface area contributed by atoms with Crippen molar-refractivity contribution in [3.63, 3.8) is 0 Å². The Morgan fingerprint density at radius 2 is 2.12 bits per heavy atom. The van der Waals surface area contributed by atoms with Gasteiger partial charge in [0, 0.05) is 20.9 Å². The summed E-state index contributed by atoms with van der Waals surface area (Å²) in [5.41, 5.74) is 0.432. The van der Waals surface area contributed by atoms with E-state index >= 15 is 0 Å².